The molecule has 0 aliphatic heterocycles. The fraction of sp³-hybridized carbons (Fsp3) is 0.667. The van der Waals surface area contributed by atoms with Crippen LogP contribution in [0.15, 0.2) is 0 Å². The molecule has 0 amide bonds. The Morgan fingerprint density at radius 3 is 0.533 bits per heavy atom. The molecule has 0 aromatic carbocycles. The van der Waals surface area contributed by atoms with Crippen LogP contribution >= 0.6 is 15.8 Å². The average molecular weight is 297 g/mol. The van der Waals surface area contributed by atoms with E-state index in [2.05, 4.69) is 60.4 Å². The van der Waals surface area contributed by atoms with Gasteiger partial charge in [-0.2, -0.15) is 0 Å². The van der Waals surface area contributed by atoms with Gasteiger partial charge in [-0.3, -0.25) is 20.4 Å². The minimum atomic E-state index is 0. The third-order valence-electron chi connectivity index (χ3n) is 0. The molecule has 93 valence electrons. The van der Waals surface area contributed by atoms with Crippen molar-refractivity contribution in [2.75, 3.05) is 40.0 Å². The van der Waals surface area contributed by atoms with E-state index in [9.17, 15) is 0 Å². The Kier molecular flexibility index (Phi) is 152. The molecule has 0 rings (SSSR count). The Morgan fingerprint density at radius 1 is 0.533 bits per heavy atom. The minimum absolute atomic E-state index is 0. The van der Waals surface area contributed by atoms with Gasteiger partial charge >= 0.3 is 17.1 Å². The van der Waals surface area contributed by atoms with Gasteiger partial charge in [-0.25, -0.2) is 0 Å². The molecular formula is C9H23FeO3P2+2. The first-order valence-corrected chi connectivity index (χ1v) is 9.71. The summed E-state index contributed by atoms with van der Waals surface area (Å²) in [6, 6.07) is 0. The van der Waals surface area contributed by atoms with Crippen molar-refractivity contribution in [1.29, 1.82) is 0 Å². The quantitative estimate of drug-likeness (QED) is 0.293. The molecule has 0 unspecified atom stereocenters. The molecule has 0 saturated carbocycles. The predicted octanol–water partition coefficient (Wildman–Crippen LogP) is 1.36. The molecule has 0 spiro atoms. The van der Waals surface area contributed by atoms with Crippen molar-refractivity contribution in [3.63, 3.8) is 0 Å². The second kappa shape index (κ2) is 63.2. The number of rotatable bonds is 0. The summed E-state index contributed by atoms with van der Waals surface area (Å²) in [5, 5.41) is 0. The largest absolute Gasteiger partial charge is 3.00 e. The van der Waals surface area contributed by atoms with E-state index in [0.717, 1.165) is 0 Å². The number of hydrogen-bond donors (Lipinski definition) is 0. The summed E-state index contributed by atoms with van der Waals surface area (Å²) in [6.07, 6.45) is 0. The van der Waals surface area contributed by atoms with Crippen LogP contribution in [0.25, 0.3) is 0 Å². The summed E-state index contributed by atoms with van der Waals surface area (Å²) < 4.78 is 0. The second-order valence-corrected chi connectivity index (χ2v) is 9.00. The Labute approximate surface area is 108 Å². The summed E-state index contributed by atoms with van der Waals surface area (Å²) in [7, 11) is 0.241. The second-order valence-electron chi connectivity index (χ2n) is 3.00. The third kappa shape index (κ3) is 14600. The molecule has 0 heterocycles. The molecule has 0 saturated heterocycles. The van der Waals surface area contributed by atoms with Crippen molar-refractivity contribution in [3.8, 4) is 0 Å². The zero-order valence-electron chi connectivity index (χ0n) is 10.3. The van der Waals surface area contributed by atoms with E-state index < -0.39 is 0 Å². The summed E-state index contributed by atoms with van der Waals surface area (Å²) in [5.41, 5.74) is 0. The molecule has 15 heavy (non-hydrogen) atoms. The summed E-state index contributed by atoms with van der Waals surface area (Å²) >= 11 is 0. The maximum atomic E-state index is 7.75. The molecule has 0 N–H and O–H groups in total. The van der Waals surface area contributed by atoms with Crippen molar-refractivity contribution in [1.82, 2.24) is 0 Å². The third-order valence-corrected chi connectivity index (χ3v) is 0. The molecule has 0 fully saturated rings. The van der Waals surface area contributed by atoms with Gasteiger partial charge in [0.25, 0.3) is 0 Å². The molecule has 0 aliphatic carbocycles. The summed E-state index contributed by atoms with van der Waals surface area (Å²) in [5.74, 6) is 0. The zero-order chi connectivity index (χ0) is 13.2. The van der Waals surface area contributed by atoms with Crippen LogP contribution in [0.5, 0.6) is 0 Å². The van der Waals surface area contributed by atoms with Gasteiger partial charge < -0.3 is 14.4 Å². The van der Waals surface area contributed by atoms with Gasteiger partial charge in [-0.1, -0.05) is 0 Å². The molecule has 0 aliphatic rings. The van der Waals surface area contributed by atoms with Gasteiger partial charge in [0.2, 0.25) is 0 Å². The number of carbonyl (C=O) groups excluding carboxylic acids is 3. The molecule has 1 radical (unpaired) electrons. The van der Waals surface area contributed by atoms with Crippen molar-refractivity contribution >= 4 is 36.2 Å². The van der Waals surface area contributed by atoms with E-state index in [0.29, 0.717) is 0 Å². The van der Waals surface area contributed by atoms with Crippen molar-refractivity contribution in [2.24, 2.45) is 0 Å². The first kappa shape index (κ1) is 36.1. The van der Waals surface area contributed by atoms with E-state index >= 15 is 0 Å². The van der Waals surface area contributed by atoms with E-state index in [4.69, 9.17) is 14.4 Å². The minimum Gasteiger partial charge on any atom is -0.545 e. The Morgan fingerprint density at radius 2 is 0.533 bits per heavy atom. The first-order chi connectivity index (χ1) is 6.46. The van der Waals surface area contributed by atoms with Crippen LogP contribution in [0.3, 0.4) is 0 Å². The fourth-order valence-electron chi connectivity index (χ4n) is 0. The standard InChI is InChI=1S/2C3H9P.3CHO.Fe/c2*1-4(2)3;3*1-2;/h2*1-3H3;3*1H;/q;;3*-1;+3/p+2. The van der Waals surface area contributed by atoms with E-state index in [1.54, 1.807) is 0 Å². The van der Waals surface area contributed by atoms with Gasteiger partial charge in [-0.05, 0) is 15.8 Å². The van der Waals surface area contributed by atoms with Gasteiger partial charge in [0.1, 0.15) is 0 Å². The van der Waals surface area contributed by atoms with E-state index in [1.165, 1.54) is 0 Å². The predicted molar refractivity (Wildman–Crippen MR) is 72.4 cm³/mol. The Balaban J connectivity index is -0.0000000175. The topological polar surface area (TPSA) is 51.2 Å². The average Bonchev–Trinajstić information content (AvgIpc) is 2.12. The van der Waals surface area contributed by atoms with Gasteiger partial charge in [-0.15, -0.1) is 0 Å². The van der Waals surface area contributed by atoms with Gasteiger partial charge in [0.05, 0.1) is 0 Å². The summed E-state index contributed by atoms with van der Waals surface area (Å²) in [6.45, 7) is 23.4. The normalized spacial score (nSPS) is 5.60. The first-order valence-electron chi connectivity index (χ1n) is 3.71. The molecule has 0 bridgehead atoms. The van der Waals surface area contributed by atoms with Crippen LogP contribution in [0.1, 0.15) is 0 Å². The van der Waals surface area contributed by atoms with E-state index in [1.807, 2.05) is 0 Å². The van der Waals surface area contributed by atoms with Crippen LogP contribution < -0.4 is 0 Å². The summed E-state index contributed by atoms with van der Waals surface area (Å²) in [4.78, 5) is 23.2. The van der Waals surface area contributed by atoms with Crippen molar-refractivity contribution < 1.29 is 31.5 Å². The zero-order valence-corrected chi connectivity index (χ0v) is 13.4. The van der Waals surface area contributed by atoms with Crippen LogP contribution in [0, 0.1) is 0 Å². The Hall–Kier alpha value is 0.389. The van der Waals surface area contributed by atoms with Crippen LogP contribution in [-0.4, -0.2) is 60.4 Å². The Bertz CT molecular complexity index is 60.1. The SMILES string of the molecule is C[PH+](C)C.C[PH+](C)C.[CH-]=O.[CH-]=O.[CH-]=O.[Fe+3]. The fourth-order valence-corrected chi connectivity index (χ4v) is 0. The van der Waals surface area contributed by atoms with E-state index in [-0.39, 0.29) is 32.9 Å². The van der Waals surface area contributed by atoms with Crippen molar-refractivity contribution in [2.45, 2.75) is 0 Å². The monoisotopic (exact) mass is 297 g/mol. The van der Waals surface area contributed by atoms with Gasteiger partial charge in [0.15, 0.2) is 0 Å². The molecule has 0 atom stereocenters. The number of hydrogen-bond acceptors (Lipinski definition) is 3. The van der Waals surface area contributed by atoms with Gasteiger partial charge in [0, 0.05) is 40.0 Å². The molecule has 0 aromatic rings. The smallest absolute Gasteiger partial charge is 0.545 e. The maximum absolute atomic E-state index is 7.75. The van der Waals surface area contributed by atoms with Crippen LogP contribution in [0.2, 0.25) is 0 Å². The van der Waals surface area contributed by atoms with Crippen molar-refractivity contribution in [3.05, 3.63) is 0 Å². The van der Waals surface area contributed by atoms with Crippen LogP contribution in [-0.2, 0) is 31.5 Å². The molecule has 6 heteroatoms. The molecular weight excluding hydrogens is 274 g/mol. The maximum Gasteiger partial charge on any atom is 3.00 e. The molecule has 0 aromatic heterocycles. The van der Waals surface area contributed by atoms with Crippen LogP contribution in [0.4, 0.5) is 0 Å². The molecule has 3 nitrogen and oxygen atoms in total.